The normalized spacial score (nSPS) is 10.9. The molecular weight excluding hydrogens is 246 g/mol. The average Bonchev–Trinajstić information content (AvgIpc) is 2.36. The third-order valence-electron chi connectivity index (χ3n) is 2.36. The van der Waals surface area contributed by atoms with E-state index < -0.39 is 18.1 Å². The number of methoxy groups -OCH3 is 1. The number of ether oxygens (including phenoxy) is 1. The minimum absolute atomic E-state index is 0.0624. The van der Waals surface area contributed by atoms with Crippen molar-refractivity contribution in [3.63, 3.8) is 0 Å². The van der Waals surface area contributed by atoms with Crippen LogP contribution in [-0.4, -0.2) is 28.4 Å². The average molecular weight is 254 g/mol. The number of alkyl halides is 2. The van der Waals surface area contributed by atoms with Gasteiger partial charge in [-0.25, -0.2) is 13.6 Å². The third-order valence-corrected chi connectivity index (χ3v) is 2.36. The first kappa shape index (κ1) is 12.2. The van der Waals surface area contributed by atoms with Crippen LogP contribution in [0.2, 0.25) is 0 Å². The Kier molecular flexibility index (Phi) is 3.05. The summed E-state index contributed by atoms with van der Waals surface area (Å²) >= 11 is 0. The van der Waals surface area contributed by atoms with Crippen LogP contribution in [0.5, 0.6) is 5.75 Å². The molecule has 0 aliphatic heterocycles. The molecule has 18 heavy (non-hydrogen) atoms. The second-order valence-electron chi connectivity index (χ2n) is 3.49. The fourth-order valence-corrected chi connectivity index (χ4v) is 1.53. The van der Waals surface area contributed by atoms with Crippen molar-refractivity contribution in [1.29, 1.82) is 0 Å². The van der Waals surface area contributed by atoms with Crippen LogP contribution in [0.1, 0.15) is 22.5 Å². The van der Waals surface area contributed by atoms with Crippen molar-refractivity contribution in [1.82, 2.24) is 10.2 Å². The number of aromatic nitrogens is 2. The fraction of sp³-hybridized carbons (Fsp3) is 0.182. The highest BCUT2D eigenvalue weighted by Crippen LogP contribution is 2.27. The number of carboxylic acid groups (broad SMARTS) is 1. The number of carbonyl (C=O) groups is 1. The van der Waals surface area contributed by atoms with Gasteiger partial charge in [-0.05, 0) is 18.2 Å². The minimum atomic E-state index is -2.76. The van der Waals surface area contributed by atoms with Gasteiger partial charge in [0.2, 0.25) is 0 Å². The zero-order chi connectivity index (χ0) is 13.3. The van der Waals surface area contributed by atoms with Crippen molar-refractivity contribution in [2.75, 3.05) is 7.11 Å². The van der Waals surface area contributed by atoms with Crippen molar-refractivity contribution in [2.24, 2.45) is 0 Å². The molecule has 0 unspecified atom stereocenters. The standard InChI is InChI=1S/C11H8F2N2O3/c1-18-8-4-6(11(16)17)2-5-3-7(10(12)13)14-15-9(5)8/h2-4,10H,1H3,(H,16,17). The summed E-state index contributed by atoms with van der Waals surface area (Å²) < 4.78 is 29.9. The van der Waals surface area contributed by atoms with Crippen molar-refractivity contribution in [2.45, 2.75) is 6.43 Å². The van der Waals surface area contributed by atoms with E-state index in [1.807, 2.05) is 0 Å². The van der Waals surface area contributed by atoms with Crippen molar-refractivity contribution in [3.05, 3.63) is 29.5 Å². The molecule has 0 saturated heterocycles. The Morgan fingerprint density at radius 1 is 1.33 bits per heavy atom. The van der Waals surface area contributed by atoms with Gasteiger partial charge in [0.1, 0.15) is 17.0 Å². The van der Waals surface area contributed by atoms with E-state index in [0.29, 0.717) is 0 Å². The molecule has 0 bridgehead atoms. The Morgan fingerprint density at radius 3 is 2.61 bits per heavy atom. The van der Waals surface area contributed by atoms with E-state index in [9.17, 15) is 13.6 Å². The van der Waals surface area contributed by atoms with Crippen LogP contribution in [-0.2, 0) is 0 Å². The van der Waals surface area contributed by atoms with Gasteiger partial charge < -0.3 is 9.84 Å². The maximum Gasteiger partial charge on any atom is 0.335 e. The van der Waals surface area contributed by atoms with Crippen LogP contribution in [0.25, 0.3) is 10.9 Å². The molecule has 0 fully saturated rings. The number of rotatable bonds is 3. The maximum absolute atomic E-state index is 12.5. The lowest BCUT2D eigenvalue weighted by Crippen LogP contribution is -2.00. The van der Waals surface area contributed by atoms with E-state index in [4.69, 9.17) is 9.84 Å². The molecule has 1 aromatic heterocycles. The van der Waals surface area contributed by atoms with E-state index in [-0.39, 0.29) is 22.2 Å². The summed E-state index contributed by atoms with van der Waals surface area (Å²) in [6, 6.07) is 3.62. The SMILES string of the molecule is COc1cc(C(=O)O)cc2cc(C(F)F)nnc12. The number of nitrogens with zero attached hydrogens (tertiary/aromatic N) is 2. The Morgan fingerprint density at radius 2 is 2.06 bits per heavy atom. The Labute approximate surface area is 100 Å². The first-order valence-electron chi connectivity index (χ1n) is 4.89. The van der Waals surface area contributed by atoms with Crippen LogP contribution < -0.4 is 4.74 Å². The van der Waals surface area contributed by atoms with Crippen molar-refractivity contribution in [3.8, 4) is 5.75 Å². The second-order valence-corrected chi connectivity index (χ2v) is 3.49. The quantitative estimate of drug-likeness (QED) is 0.909. The predicted octanol–water partition coefficient (Wildman–Crippen LogP) is 2.27. The highest BCUT2D eigenvalue weighted by molar-refractivity contribution is 5.95. The summed E-state index contributed by atoms with van der Waals surface area (Å²) in [7, 11) is 1.34. The molecule has 7 heteroatoms. The molecule has 0 aliphatic rings. The van der Waals surface area contributed by atoms with Crippen LogP contribution in [0.15, 0.2) is 18.2 Å². The number of halogens is 2. The summed E-state index contributed by atoms with van der Waals surface area (Å²) in [6.07, 6.45) is -2.76. The largest absolute Gasteiger partial charge is 0.494 e. The molecule has 0 aliphatic carbocycles. The molecule has 0 saturated carbocycles. The summed E-state index contributed by atoms with van der Waals surface area (Å²) in [4.78, 5) is 10.9. The van der Waals surface area contributed by atoms with E-state index in [2.05, 4.69) is 10.2 Å². The molecule has 0 amide bonds. The molecule has 1 aromatic carbocycles. The van der Waals surface area contributed by atoms with E-state index in [1.54, 1.807) is 0 Å². The summed E-state index contributed by atoms with van der Waals surface area (Å²) in [5.41, 5.74) is -0.327. The fourth-order valence-electron chi connectivity index (χ4n) is 1.53. The Bertz CT molecular complexity index is 617. The van der Waals surface area contributed by atoms with Gasteiger partial charge in [0.25, 0.3) is 6.43 Å². The monoisotopic (exact) mass is 254 g/mol. The van der Waals surface area contributed by atoms with E-state index in [1.165, 1.54) is 19.2 Å². The van der Waals surface area contributed by atoms with Crippen LogP contribution in [0.4, 0.5) is 8.78 Å². The molecule has 0 radical (unpaired) electrons. The van der Waals surface area contributed by atoms with Gasteiger partial charge in [0, 0.05) is 5.39 Å². The number of benzene rings is 1. The van der Waals surface area contributed by atoms with Gasteiger partial charge >= 0.3 is 5.97 Å². The summed E-state index contributed by atoms with van der Waals surface area (Å²) in [6.45, 7) is 0. The Hall–Kier alpha value is -2.31. The van der Waals surface area contributed by atoms with Gasteiger partial charge in [-0.3, -0.25) is 0 Å². The molecule has 0 atom stereocenters. The van der Waals surface area contributed by atoms with Gasteiger partial charge in [-0.1, -0.05) is 0 Å². The van der Waals surface area contributed by atoms with Crippen LogP contribution in [0.3, 0.4) is 0 Å². The van der Waals surface area contributed by atoms with Crippen molar-refractivity contribution < 1.29 is 23.4 Å². The topological polar surface area (TPSA) is 72.3 Å². The van der Waals surface area contributed by atoms with Gasteiger partial charge in [0.15, 0.2) is 0 Å². The van der Waals surface area contributed by atoms with Gasteiger partial charge in [0.05, 0.1) is 12.7 Å². The predicted molar refractivity (Wildman–Crippen MR) is 58.0 cm³/mol. The van der Waals surface area contributed by atoms with Crippen LogP contribution >= 0.6 is 0 Å². The number of carboxylic acids is 1. The number of fused-ring (bicyclic) bond motifs is 1. The third kappa shape index (κ3) is 2.06. The van der Waals surface area contributed by atoms with E-state index >= 15 is 0 Å². The lowest BCUT2D eigenvalue weighted by atomic mass is 10.1. The molecule has 2 aromatic rings. The highest BCUT2D eigenvalue weighted by Gasteiger charge is 2.15. The first-order chi connectivity index (χ1) is 8.52. The summed E-state index contributed by atoms with van der Waals surface area (Å²) in [5.74, 6) is -0.996. The molecule has 5 nitrogen and oxygen atoms in total. The number of hydrogen-bond donors (Lipinski definition) is 1. The molecule has 94 valence electrons. The second kappa shape index (κ2) is 4.52. The van der Waals surface area contributed by atoms with Gasteiger partial charge in [-0.15, -0.1) is 10.2 Å². The molecule has 1 heterocycles. The molecule has 0 spiro atoms. The molecular formula is C11H8F2N2O3. The van der Waals surface area contributed by atoms with Crippen LogP contribution in [0, 0.1) is 0 Å². The zero-order valence-electron chi connectivity index (χ0n) is 9.22. The number of hydrogen-bond acceptors (Lipinski definition) is 4. The minimum Gasteiger partial charge on any atom is -0.494 e. The molecule has 2 rings (SSSR count). The Balaban J connectivity index is 2.72. The van der Waals surface area contributed by atoms with Crippen molar-refractivity contribution >= 4 is 16.9 Å². The lowest BCUT2D eigenvalue weighted by Gasteiger charge is -2.07. The highest BCUT2D eigenvalue weighted by atomic mass is 19.3. The summed E-state index contributed by atoms with van der Waals surface area (Å²) in [5, 5.41) is 16.1. The lowest BCUT2D eigenvalue weighted by molar-refractivity contribution is 0.0696. The first-order valence-corrected chi connectivity index (χ1v) is 4.89. The smallest absolute Gasteiger partial charge is 0.335 e. The van der Waals surface area contributed by atoms with Gasteiger partial charge in [-0.2, -0.15) is 0 Å². The maximum atomic E-state index is 12.5. The van der Waals surface area contributed by atoms with E-state index in [0.717, 1.165) is 6.07 Å². The number of aromatic carboxylic acids is 1. The molecule has 1 N–H and O–H groups in total. The zero-order valence-corrected chi connectivity index (χ0v) is 9.22.